The van der Waals surface area contributed by atoms with Gasteiger partial charge in [-0.3, -0.25) is 4.79 Å². The van der Waals surface area contributed by atoms with Crippen LogP contribution in [0.1, 0.15) is 11.1 Å². The van der Waals surface area contributed by atoms with Crippen LogP contribution in [0.3, 0.4) is 0 Å². The van der Waals surface area contributed by atoms with Crippen molar-refractivity contribution < 1.29 is 4.79 Å². The highest BCUT2D eigenvalue weighted by molar-refractivity contribution is 7.16. The van der Waals surface area contributed by atoms with Gasteiger partial charge in [0.1, 0.15) is 0 Å². The van der Waals surface area contributed by atoms with E-state index in [1.54, 1.807) is 6.08 Å². The van der Waals surface area contributed by atoms with E-state index in [4.69, 9.17) is 11.6 Å². The summed E-state index contributed by atoms with van der Waals surface area (Å²) in [7, 11) is 0. The van der Waals surface area contributed by atoms with Crippen LogP contribution in [0, 0.1) is 6.92 Å². The number of nitrogens with zero attached hydrogens (tertiary/aromatic N) is 2. The number of fused-ring (bicyclic) bond motifs is 1. The molecule has 3 rings (SSSR count). The summed E-state index contributed by atoms with van der Waals surface area (Å²) in [5, 5.41) is 0.709. The van der Waals surface area contributed by atoms with Gasteiger partial charge in [0.2, 0.25) is 0 Å². The molecule has 5 heteroatoms. The number of halogens is 1. The van der Waals surface area contributed by atoms with Crippen LogP contribution in [-0.4, -0.2) is 10.5 Å². The van der Waals surface area contributed by atoms with Gasteiger partial charge in [-0.25, -0.2) is 0 Å². The first-order valence-electron chi connectivity index (χ1n) is 7.61. The highest BCUT2D eigenvalue weighted by atomic mass is 35.5. The van der Waals surface area contributed by atoms with Gasteiger partial charge in [0, 0.05) is 11.6 Å². The Morgan fingerprint density at radius 2 is 2.04 bits per heavy atom. The third-order valence-electron chi connectivity index (χ3n) is 3.76. The lowest BCUT2D eigenvalue weighted by Crippen LogP contribution is -2.17. The third kappa shape index (κ3) is 3.35. The minimum absolute atomic E-state index is 0.158. The van der Waals surface area contributed by atoms with E-state index >= 15 is 0 Å². The fourth-order valence-corrected chi connectivity index (χ4v) is 3.88. The molecule has 0 bridgehead atoms. The van der Waals surface area contributed by atoms with Gasteiger partial charge in [-0.05, 0) is 30.2 Å². The standard InChI is InChI=1S/C19H17ClN2OS/c1-3-11-22-18-13(2)15(20)9-10-16(18)24-19(22)21-17(23)12-14-7-5-4-6-8-14/h3-10H,1,11-12H2,2H3. The summed E-state index contributed by atoms with van der Waals surface area (Å²) in [5.41, 5.74) is 2.96. The van der Waals surface area contributed by atoms with Gasteiger partial charge in [0.05, 0.1) is 16.6 Å². The number of hydrogen-bond acceptors (Lipinski definition) is 2. The molecule has 0 unspecified atom stereocenters. The molecule has 0 fully saturated rings. The molecule has 0 atom stereocenters. The summed E-state index contributed by atoms with van der Waals surface area (Å²) >= 11 is 7.74. The highest BCUT2D eigenvalue weighted by Crippen LogP contribution is 2.27. The second-order valence-corrected chi connectivity index (χ2v) is 6.89. The molecule has 1 amide bonds. The molecule has 24 heavy (non-hydrogen) atoms. The second kappa shape index (κ2) is 7.16. The number of aryl methyl sites for hydroxylation is 1. The predicted octanol–water partition coefficient (Wildman–Crippen LogP) is 4.52. The molecule has 0 radical (unpaired) electrons. The zero-order chi connectivity index (χ0) is 17.1. The summed E-state index contributed by atoms with van der Waals surface area (Å²) in [6.45, 7) is 6.37. The Morgan fingerprint density at radius 3 is 2.75 bits per heavy atom. The molecule has 0 aliphatic rings. The summed E-state index contributed by atoms with van der Waals surface area (Å²) in [5.74, 6) is -0.158. The molecule has 0 N–H and O–H groups in total. The van der Waals surface area contributed by atoms with Crippen molar-refractivity contribution in [3.8, 4) is 0 Å². The lowest BCUT2D eigenvalue weighted by Gasteiger charge is -2.05. The molecule has 0 saturated heterocycles. The Kier molecular flexibility index (Phi) is 4.97. The van der Waals surface area contributed by atoms with E-state index in [0.29, 0.717) is 22.8 Å². The van der Waals surface area contributed by atoms with E-state index in [0.717, 1.165) is 21.3 Å². The number of rotatable bonds is 4. The van der Waals surface area contributed by atoms with Crippen LogP contribution in [0.5, 0.6) is 0 Å². The first-order valence-corrected chi connectivity index (χ1v) is 8.80. The third-order valence-corrected chi connectivity index (χ3v) is 5.21. The van der Waals surface area contributed by atoms with E-state index in [2.05, 4.69) is 11.6 Å². The maximum atomic E-state index is 12.3. The quantitative estimate of drug-likeness (QED) is 0.633. The Morgan fingerprint density at radius 1 is 1.29 bits per heavy atom. The molecule has 0 saturated carbocycles. The molecule has 1 heterocycles. The molecule has 0 spiro atoms. The Hall–Kier alpha value is -2.17. The van der Waals surface area contributed by atoms with Crippen LogP contribution in [0.15, 0.2) is 60.1 Å². The maximum Gasteiger partial charge on any atom is 0.252 e. The zero-order valence-corrected chi connectivity index (χ0v) is 14.9. The number of thiazole rings is 1. The number of carbonyl (C=O) groups excluding carboxylic acids is 1. The second-order valence-electron chi connectivity index (χ2n) is 5.47. The fourth-order valence-electron chi connectivity index (χ4n) is 2.62. The summed E-state index contributed by atoms with van der Waals surface area (Å²) in [6.07, 6.45) is 2.09. The average Bonchev–Trinajstić information content (AvgIpc) is 2.90. The van der Waals surface area contributed by atoms with E-state index in [9.17, 15) is 4.79 Å². The van der Waals surface area contributed by atoms with Crippen molar-refractivity contribution in [2.75, 3.05) is 0 Å². The molecule has 122 valence electrons. The van der Waals surface area contributed by atoms with Gasteiger partial charge < -0.3 is 4.57 Å². The van der Waals surface area contributed by atoms with Crippen molar-refractivity contribution in [2.24, 2.45) is 4.99 Å². The van der Waals surface area contributed by atoms with Crippen molar-refractivity contribution in [1.29, 1.82) is 0 Å². The van der Waals surface area contributed by atoms with E-state index in [-0.39, 0.29) is 5.91 Å². The van der Waals surface area contributed by atoms with Gasteiger partial charge in [-0.1, -0.05) is 59.3 Å². The summed E-state index contributed by atoms with van der Waals surface area (Å²) in [6, 6.07) is 13.5. The van der Waals surface area contributed by atoms with Crippen LogP contribution in [0.4, 0.5) is 0 Å². The van der Waals surface area contributed by atoms with E-state index < -0.39 is 0 Å². The van der Waals surface area contributed by atoms with Gasteiger partial charge >= 0.3 is 0 Å². The van der Waals surface area contributed by atoms with Crippen molar-refractivity contribution in [2.45, 2.75) is 19.9 Å². The van der Waals surface area contributed by atoms with Crippen molar-refractivity contribution in [1.82, 2.24) is 4.57 Å². The van der Waals surface area contributed by atoms with Crippen LogP contribution in [0.25, 0.3) is 10.2 Å². The first kappa shape index (κ1) is 16.7. The van der Waals surface area contributed by atoms with E-state index in [1.807, 2.05) is 54.0 Å². The maximum absolute atomic E-state index is 12.3. The van der Waals surface area contributed by atoms with Gasteiger partial charge in [0.25, 0.3) is 5.91 Å². The smallest absolute Gasteiger partial charge is 0.252 e. The number of hydrogen-bond donors (Lipinski definition) is 0. The van der Waals surface area contributed by atoms with Crippen molar-refractivity contribution in [3.05, 3.63) is 76.1 Å². The molecule has 2 aromatic carbocycles. The number of benzene rings is 2. The number of aromatic nitrogens is 1. The van der Waals surface area contributed by atoms with Gasteiger partial charge in [-0.2, -0.15) is 4.99 Å². The van der Waals surface area contributed by atoms with Crippen LogP contribution in [-0.2, 0) is 17.8 Å². The van der Waals surface area contributed by atoms with Gasteiger partial charge in [-0.15, -0.1) is 6.58 Å². The van der Waals surface area contributed by atoms with Crippen molar-refractivity contribution in [3.63, 3.8) is 0 Å². The Bertz CT molecular complexity index is 970. The number of allylic oxidation sites excluding steroid dienone is 1. The van der Waals surface area contributed by atoms with Crippen LogP contribution in [0.2, 0.25) is 5.02 Å². The largest absolute Gasteiger partial charge is 0.312 e. The molecule has 0 aliphatic heterocycles. The monoisotopic (exact) mass is 356 g/mol. The van der Waals surface area contributed by atoms with Gasteiger partial charge in [0.15, 0.2) is 4.80 Å². The molecular weight excluding hydrogens is 340 g/mol. The molecule has 0 aliphatic carbocycles. The summed E-state index contributed by atoms with van der Waals surface area (Å²) in [4.78, 5) is 17.4. The topological polar surface area (TPSA) is 34.4 Å². The molecular formula is C19H17ClN2OS. The predicted molar refractivity (Wildman–Crippen MR) is 100 cm³/mol. The summed E-state index contributed by atoms with van der Waals surface area (Å²) < 4.78 is 3.06. The lowest BCUT2D eigenvalue weighted by molar-refractivity contribution is -0.117. The average molecular weight is 357 g/mol. The van der Waals surface area contributed by atoms with Crippen LogP contribution < -0.4 is 4.80 Å². The molecule has 3 aromatic rings. The van der Waals surface area contributed by atoms with Crippen LogP contribution >= 0.6 is 22.9 Å². The lowest BCUT2D eigenvalue weighted by atomic mass is 10.1. The SMILES string of the molecule is C=CCn1c(=NC(=O)Cc2ccccc2)sc2ccc(Cl)c(C)c21. The number of carbonyl (C=O) groups is 1. The first-order chi connectivity index (χ1) is 11.6. The normalized spacial score (nSPS) is 11.8. The number of amides is 1. The molecule has 1 aromatic heterocycles. The van der Waals surface area contributed by atoms with Crippen molar-refractivity contribution >= 4 is 39.1 Å². The highest BCUT2D eigenvalue weighted by Gasteiger charge is 2.11. The minimum Gasteiger partial charge on any atom is -0.312 e. The zero-order valence-electron chi connectivity index (χ0n) is 13.3. The van der Waals surface area contributed by atoms with E-state index in [1.165, 1.54) is 11.3 Å². The minimum atomic E-state index is -0.158. The Labute approximate surface area is 149 Å². The Balaban J connectivity index is 2.08. The fraction of sp³-hybridized carbons (Fsp3) is 0.158. The molecule has 3 nitrogen and oxygen atoms in total.